The van der Waals surface area contributed by atoms with Crippen molar-refractivity contribution < 1.29 is 37.7 Å². The van der Waals surface area contributed by atoms with E-state index in [4.69, 9.17) is 14.2 Å². The van der Waals surface area contributed by atoms with Crippen molar-refractivity contribution >= 4 is 54.9 Å². The maximum absolute atomic E-state index is 14.2. The maximum atomic E-state index is 14.2. The Hall–Kier alpha value is -7.68. The van der Waals surface area contributed by atoms with Gasteiger partial charge in [-0.2, -0.15) is 20.4 Å². The predicted molar refractivity (Wildman–Crippen MR) is 263 cm³/mol. The Morgan fingerprint density at radius 1 is 0.644 bits per heavy atom. The van der Waals surface area contributed by atoms with Gasteiger partial charge in [-0.05, 0) is 63.1 Å². The molecule has 2 aliphatic rings. The van der Waals surface area contributed by atoms with Crippen molar-refractivity contribution in [3.8, 4) is 21.5 Å². The van der Waals surface area contributed by atoms with E-state index < -0.39 is 58.4 Å². The summed E-state index contributed by atoms with van der Waals surface area (Å²) in [5.74, 6) is -1.07. The molecule has 0 spiro atoms. The number of carbonyl (C=O) groups is 2. The first-order valence-corrected chi connectivity index (χ1v) is 24.3. The zero-order valence-electron chi connectivity index (χ0n) is 40.4. The van der Waals surface area contributed by atoms with Crippen LogP contribution in [0, 0.1) is 25.5 Å². The van der Waals surface area contributed by atoms with E-state index in [0.717, 1.165) is 26.5 Å². The number of likely N-dealkylation sites (N-methyl/N-ethyl adjacent to an activating group) is 2. The van der Waals surface area contributed by atoms with Gasteiger partial charge in [0.2, 0.25) is 11.8 Å². The number of hydrogen-bond acceptors (Lipinski definition) is 16. The Kier molecular flexibility index (Phi) is 13.8. The second kappa shape index (κ2) is 20.1. The van der Waals surface area contributed by atoms with E-state index in [-0.39, 0.29) is 41.6 Å². The van der Waals surface area contributed by atoms with Crippen LogP contribution in [-0.2, 0) is 27.4 Å². The van der Waals surface area contributed by atoms with E-state index in [2.05, 4.69) is 20.4 Å². The van der Waals surface area contributed by atoms with E-state index in [1.54, 1.807) is 27.9 Å². The molecular formula is C47H48F2N12O10S2. The Morgan fingerprint density at radius 3 is 1.45 bits per heavy atom. The highest BCUT2D eigenvalue weighted by Crippen LogP contribution is 2.36. The van der Waals surface area contributed by atoms with Crippen molar-refractivity contribution in [1.82, 2.24) is 58.1 Å². The minimum Gasteiger partial charge on any atom is -0.496 e. The number of halogens is 2. The van der Waals surface area contributed by atoms with E-state index >= 15 is 0 Å². The number of likely N-dealkylation sites (tertiary alicyclic amines) is 2. The first-order chi connectivity index (χ1) is 35.0. The highest BCUT2D eigenvalue weighted by molar-refractivity contribution is 7.21. The van der Waals surface area contributed by atoms with E-state index in [0.29, 0.717) is 73.4 Å². The fraction of sp³-hybridized carbons (Fsp3) is 0.362. The normalized spacial score (nSPS) is 16.7. The van der Waals surface area contributed by atoms with Gasteiger partial charge in [-0.1, -0.05) is 22.7 Å². The number of amides is 2. The first-order valence-electron chi connectivity index (χ1n) is 22.7. The Balaban J connectivity index is 0.000000180. The summed E-state index contributed by atoms with van der Waals surface area (Å²) in [5, 5.41) is 29.3. The number of thiophene rings is 2. The lowest BCUT2D eigenvalue weighted by Gasteiger charge is -2.22. The molecule has 1 N–H and O–H groups in total. The highest BCUT2D eigenvalue weighted by Gasteiger charge is 2.37. The van der Waals surface area contributed by atoms with Crippen molar-refractivity contribution in [2.45, 2.75) is 64.1 Å². The molecule has 8 aromatic rings. The number of aliphatic hydroxyl groups excluding tert-OH is 1. The van der Waals surface area contributed by atoms with Gasteiger partial charge in [0.25, 0.3) is 11.1 Å². The minimum atomic E-state index is -1.35. The number of ether oxygens (including phenoxy) is 3. The van der Waals surface area contributed by atoms with Gasteiger partial charge < -0.3 is 29.1 Å². The summed E-state index contributed by atoms with van der Waals surface area (Å²) < 4.78 is 49.2. The van der Waals surface area contributed by atoms with Crippen LogP contribution >= 0.6 is 22.7 Å². The molecule has 382 valence electrons. The number of carbonyl (C=O) groups excluding carboxylic acids is 2. The summed E-state index contributed by atoms with van der Waals surface area (Å²) in [7, 11) is 7.55. The topological polar surface area (TPSA) is 238 Å². The van der Waals surface area contributed by atoms with Crippen LogP contribution in [-0.4, -0.2) is 123 Å². The average molecular weight is 1040 g/mol. The van der Waals surface area contributed by atoms with Gasteiger partial charge in [0, 0.05) is 56.5 Å². The van der Waals surface area contributed by atoms with Gasteiger partial charge in [-0.15, -0.1) is 9.59 Å². The molecule has 22 nitrogen and oxygen atoms in total. The minimum absolute atomic E-state index is 0.0609. The fourth-order valence-electron chi connectivity index (χ4n) is 9.35. The molecule has 10 rings (SSSR count). The van der Waals surface area contributed by atoms with Gasteiger partial charge in [0.15, 0.2) is 0 Å². The third-order valence-electron chi connectivity index (χ3n) is 13.1. The van der Waals surface area contributed by atoms with Gasteiger partial charge in [0.1, 0.15) is 67.1 Å². The number of nitrogens with zero attached hydrogens (tertiary/aromatic N) is 12. The SMILES string of the molecule is COc1ccc(F)cc1[C@@H](O)Cn1c(=O)n([C@@H]2CCN(C)C2=O)c(=O)c2c(C)c(-n3nccn3)sc21.COc1ccc(F)cc1[C@H](Cn1c(=O)n([C@@H]2CCN(C)C2=O)c(=O)c2c(C)c(-n3nccn3)sc21)OC. The van der Waals surface area contributed by atoms with Gasteiger partial charge in [-0.25, -0.2) is 27.5 Å². The molecule has 0 saturated carbocycles. The molecule has 4 atom stereocenters. The van der Waals surface area contributed by atoms with Crippen LogP contribution in [0.5, 0.6) is 11.5 Å². The molecule has 2 saturated heterocycles. The van der Waals surface area contributed by atoms with Gasteiger partial charge >= 0.3 is 11.4 Å². The summed E-state index contributed by atoms with van der Waals surface area (Å²) in [6, 6.07) is 5.89. The molecular weight excluding hydrogens is 995 g/mol. The third-order valence-corrected chi connectivity index (χ3v) is 15.7. The molecule has 73 heavy (non-hydrogen) atoms. The lowest BCUT2D eigenvalue weighted by atomic mass is 10.1. The Bertz CT molecular complexity index is 3680. The Morgan fingerprint density at radius 2 is 1.05 bits per heavy atom. The van der Waals surface area contributed by atoms with Crippen molar-refractivity contribution in [3.63, 3.8) is 0 Å². The van der Waals surface area contributed by atoms with Crippen molar-refractivity contribution in [1.29, 1.82) is 0 Å². The summed E-state index contributed by atoms with van der Waals surface area (Å²) in [6.45, 7) is 3.94. The molecule has 2 aliphatic heterocycles. The summed E-state index contributed by atoms with van der Waals surface area (Å²) in [5.41, 5.74) is -0.855. The van der Waals surface area contributed by atoms with Crippen LogP contribution in [0.3, 0.4) is 0 Å². The molecule has 0 unspecified atom stereocenters. The van der Waals surface area contributed by atoms with Crippen LogP contribution in [0.15, 0.2) is 80.4 Å². The highest BCUT2D eigenvalue weighted by atomic mass is 32.1. The largest absolute Gasteiger partial charge is 0.496 e. The molecule has 6 aromatic heterocycles. The number of benzene rings is 2. The fourth-order valence-corrected chi connectivity index (χ4v) is 11.8. The summed E-state index contributed by atoms with van der Waals surface area (Å²) in [4.78, 5) is 87.1. The van der Waals surface area contributed by atoms with Crippen molar-refractivity contribution in [3.05, 3.63) is 137 Å². The number of aromatic nitrogens is 10. The molecule has 2 amide bonds. The number of rotatable bonds is 13. The van der Waals surface area contributed by atoms with Gasteiger partial charge in [-0.3, -0.25) is 28.3 Å². The molecule has 0 aliphatic carbocycles. The number of hydrogen-bond donors (Lipinski definition) is 1. The average Bonchev–Trinajstić information content (AvgIpc) is 4.27. The monoisotopic (exact) mass is 1040 g/mol. The van der Waals surface area contributed by atoms with Crippen LogP contribution in [0.25, 0.3) is 30.4 Å². The quantitative estimate of drug-likeness (QED) is 0.174. The molecule has 26 heteroatoms. The molecule has 8 heterocycles. The lowest BCUT2D eigenvalue weighted by molar-refractivity contribution is -0.130. The number of aliphatic hydroxyl groups is 1. The smallest absolute Gasteiger partial charge is 0.332 e. The number of fused-ring (bicyclic) bond motifs is 2. The van der Waals surface area contributed by atoms with Crippen LogP contribution in [0.4, 0.5) is 8.78 Å². The van der Waals surface area contributed by atoms with Crippen molar-refractivity contribution in [2.24, 2.45) is 0 Å². The Labute approximate surface area is 420 Å². The van der Waals surface area contributed by atoms with E-state index in [9.17, 15) is 42.7 Å². The lowest BCUT2D eigenvalue weighted by Crippen LogP contribution is -2.44. The van der Waals surface area contributed by atoms with Gasteiger partial charge in [0.05, 0.1) is 62.9 Å². The number of methoxy groups -OCH3 is 3. The second-order valence-corrected chi connectivity index (χ2v) is 19.3. The van der Waals surface area contributed by atoms with Crippen LogP contribution < -0.4 is 32.0 Å². The van der Waals surface area contributed by atoms with E-state index in [1.807, 2.05) is 0 Å². The standard InChI is InChI=1S/C24H25FN6O5S.C23H23FN6O5S/c1-13-19-21(33)30(16-7-10-28(2)20(16)32)24(34)29(23(19)37-22(13)31-26-8-9-27-31)12-18(36-4)15-11-14(25)5-6-17(15)35-3;1-12-18-20(33)29(15-6-9-27(2)19(15)32)23(34)28(22(18)36-21(12)30-25-7-8-26-30)11-16(31)14-10-13(24)4-5-17(14)35-3/h5-6,8-9,11,16,18H,7,10,12H2,1-4H3;4-5,7-8,10,15-16,31H,6,9,11H2,1-3H3/t16-,18+;15-,16+/m11/s1. The second-order valence-electron chi connectivity index (χ2n) is 17.3. The molecule has 0 bridgehead atoms. The summed E-state index contributed by atoms with van der Waals surface area (Å²) in [6.07, 6.45) is 4.49. The van der Waals surface area contributed by atoms with Crippen LogP contribution in [0.2, 0.25) is 0 Å². The predicted octanol–water partition coefficient (Wildman–Crippen LogP) is 3.45. The van der Waals surface area contributed by atoms with E-state index in [1.165, 1.54) is 116 Å². The third kappa shape index (κ3) is 8.82. The summed E-state index contributed by atoms with van der Waals surface area (Å²) >= 11 is 2.30. The van der Waals surface area contributed by atoms with Crippen molar-refractivity contribution in [2.75, 3.05) is 48.5 Å². The number of aryl methyl sites for hydroxylation is 2. The molecule has 0 radical (unpaired) electrons. The molecule has 2 aromatic carbocycles. The zero-order valence-corrected chi connectivity index (χ0v) is 42.0. The zero-order chi connectivity index (χ0) is 52.2. The molecule has 2 fully saturated rings. The van der Waals surface area contributed by atoms with Crippen LogP contribution in [0.1, 0.15) is 59.4 Å². The first kappa shape index (κ1) is 50.3. The maximum Gasteiger partial charge on any atom is 0.332 e.